The summed E-state index contributed by atoms with van der Waals surface area (Å²) in [7, 11) is -2.93. The Labute approximate surface area is 106 Å². The summed E-state index contributed by atoms with van der Waals surface area (Å²) in [4.78, 5) is 8.15. The van der Waals surface area contributed by atoms with Crippen LogP contribution in [-0.2, 0) is 9.84 Å². The molecule has 17 heavy (non-hydrogen) atoms. The fraction of sp³-hybridized carbons (Fsp3) is 0.600. The van der Waals surface area contributed by atoms with Crippen molar-refractivity contribution in [1.29, 1.82) is 0 Å². The molecule has 1 aliphatic heterocycles. The normalized spacial score (nSPS) is 27.0. The molecule has 1 saturated heterocycles. The first kappa shape index (κ1) is 12.6. The molecule has 0 bridgehead atoms. The molecular formula is C10H14ClN3O2S. The third-order valence-electron chi connectivity index (χ3n) is 2.74. The van der Waals surface area contributed by atoms with Gasteiger partial charge in [0.15, 0.2) is 9.84 Å². The molecule has 0 amide bonds. The Balaban J connectivity index is 2.21. The van der Waals surface area contributed by atoms with Crippen molar-refractivity contribution in [2.45, 2.75) is 25.8 Å². The highest BCUT2D eigenvalue weighted by atomic mass is 35.5. The van der Waals surface area contributed by atoms with Gasteiger partial charge in [-0.2, -0.15) is 0 Å². The van der Waals surface area contributed by atoms with Crippen LogP contribution in [0.25, 0.3) is 0 Å². The van der Waals surface area contributed by atoms with Gasteiger partial charge in [-0.3, -0.25) is 0 Å². The smallest absolute Gasteiger partial charge is 0.152 e. The zero-order chi connectivity index (χ0) is 12.7. The van der Waals surface area contributed by atoms with E-state index < -0.39 is 15.4 Å². The van der Waals surface area contributed by atoms with Crippen LogP contribution in [0.1, 0.15) is 19.2 Å². The van der Waals surface area contributed by atoms with Gasteiger partial charge in [0, 0.05) is 6.07 Å². The van der Waals surface area contributed by atoms with Crippen LogP contribution < -0.4 is 5.32 Å². The summed E-state index contributed by atoms with van der Waals surface area (Å²) in [5.74, 6) is 1.47. The lowest BCUT2D eigenvalue weighted by Gasteiger charge is -2.24. The lowest BCUT2D eigenvalue weighted by Crippen LogP contribution is -2.36. The molecule has 0 radical (unpaired) electrons. The fourth-order valence-corrected chi connectivity index (χ4v) is 4.33. The topological polar surface area (TPSA) is 72.0 Å². The van der Waals surface area contributed by atoms with Gasteiger partial charge in [-0.15, -0.1) is 0 Å². The van der Waals surface area contributed by atoms with Gasteiger partial charge in [0.1, 0.15) is 16.8 Å². The lowest BCUT2D eigenvalue weighted by molar-refractivity contribution is 0.571. The molecule has 7 heteroatoms. The van der Waals surface area contributed by atoms with E-state index in [1.165, 1.54) is 0 Å². The van der Waals surface area contributed by atoms with Crippen molar-refractivity contribution in [3.63, 3.8) is 0 Å². The molecule has 2 heterocycles. The number of aromatic nitrogens is 2. The maximum absolute atomic E-state index is 11.5. The van der Waals surface area contributed by atoms with Gasteiger partial charge in [0.2, 0.25) is 0 Å². The van der Waals surface area contributed by atoms with E-state index in [2.05, 4.69) is 15.3 Å². The van der Waals surface area contributed by atoms with Crippen LogP contribution in [0.2, 0.25) is 5.15 Å². The van der Waals surface area contributed by atoms with Crippen LogP contribution in [-0.4, -0.2) is 35.4 Å². The summed E-state index contributed by atoms with van der Waals surface area (Å²) in [5, 5.41) is 3.49. The van der Waals surface area contributed by atoms with E-state index in [4.69, 9.17) is 11.6 Å². The average Bonchev–Trinajstić information content (AvgIpc) is 2.37. The van der Waals surface area contributed by atoms with Crippen molar-refractivity contribution >= 4 is 27.3 Å². The fourth-order valence-electron chi connectivity index (χ4n) is 2.01. The quantitative estimate of drug-likeness (QED) is 0.827. The highest BCUT2D eigenvalue weighted by Crippen LogP contribution is 2.27. The van der Waals surface area contributed by atoms with Crippen molar-refractivity contribution in [3.05, 3.63) is 17.0 Å². The monoisotopic (exact) mass is 275 g/mol. The number of rotatable bonds is 2. The predicted molar refractivity (Wildman–Crippen MR) is 67.1 cm³/mol. The zero-order valence-electron chi connectivity index (χ0n) is 9.70. The summed E-state index contributed by atoms with van der Waals surface area (Å²) in [6.45, 7) is 3.62. The van der Waals surface area contributed by atoms with Gasteiger partial charge in [-0.25, -0.2) is 18.4 Å². The van der Waals surface area contributed by atoms with Crippen LogP contribution in [0, 0.1) is 6.92 Å². The third kappa shape index (κ3) is 3.07. The minimum absolute atomic E-state index is 0.126. The number of hydrogen-bond acceptors (Lipinski definition) is 5. The van der Waals surface area contributed by atoms with Gasteiger partial charge in [0.25, 0.3) is 0 Å². The first-order valence-corrected chi connectivity index (χ1v) is 7.48. The summed E-state index contributed by atoms with van der Waals surface area (Å²) >= 11 is 5.83. The zero-order valence-corrected chi connectivity index (χ0v) is 11.3. The van der Waals surface area contributed by atoms with E-state index >= 15 is 0 Å². The lowest BCUT2D eigenvalue weighted by atomic mass is 10.0. The maximum Gasteiger partial charge on any atom is 0.152 e. The van der Waals surface area contributed by atoms with Crippen LogP contribution in [0.3, 0.4) is 0 Å². The van der Waals surface area contributed by atoms with Gasteiger partial charge in [-0.1, -0.05) is 11.6 Å². The number of nitrogens with one attached hydrogen (secondary N) is 1. The number of aryl methyl sites for hydroxylation is 1. The second-order valence-corrected chi connectivity index (χ2v) is 7.22. The Bertz CT molecular complexity index is 526. The largest absolute Gasteiger partial charge is 0.364 e. The second kappa shape index (κ2) is 4.10. The van der Waals surface area contributed by atoms with Crippen LogP contribution in [0.4, 0.5) is 5.82 Å². The van der Waals surface area contributed by atoms with E-state index in [9.17, 15) is 8.42 Å². The highest BCUT2D eigenvalue weighted by molar-refractivity contribution is 7.91. The van der Waals surface area contributed by atoms with Crippen molar-refractivity contribution in [1.82, 2.24) is 9.97 Å². The molecule has 0 aromatic carbocycles. The SMILES string of the molecule is Cc1nc(Cl)cc(NC2(C)CCS(=O)(=O)C2)n1. The minimum Gasteiger partial charge on any atom is -0.364 e. The molecule has 1 unspecified atom stereocenters. The van der Waals surface area contributed by atoms with Gasteiger partial charge in [0.05, 0.1) is 17.0 Å². The summed E-state index contributed by atoms with van der Waals surface area (Å²) in [6.07, 6.45) is 0.579. The Kier molecular flexibility index (Phi) is 3.03. The van der Waals surface area contributed by atoms with E-state index in [0.717, 1.165) is 0 Å². The van der Waals surface area contributed by atoms with E-state index in [1.54, 1.807) is 13.0 Å². The van der Waals surface area contributed by atoms with E-state index in [-0.39, 0.29) is 11.5 Å². The van der Waals surface area contributed by atoms with Crippen LogP contribution in [0.15, 0.2) is 6.07 Å². The molecule has 1 atom stereocenters. The molecule has 0 aliphatic carbocycles. The molecule has 0 saturated carbocycles. The molecule has 1 aliphatic rings. The molecule has 0 spiro atoms. The Hall–Kier alpha value is -0.880. The van der Waals surface area contributed by atoms with Crippen LogP contribution >= 0.6 is 11.6 Å². The second-order valence-electron chi connectivity index (χ2n) is 4.65. The molecule has 1 fully saturated rings. The molecule has 1 aromatic rings. The summed E-state index contributed by atoms with van der Waals surface area (Å²) in [5.41, 5.74) is -0.469. The molecule has 5 nitrogen and oxygen atoms in total. The number of hydrogen-bond donors (Lipinski definition) is 1. The first-order chi connectivity index (χ1) is 7.78. The van der Waals surface area contributed by atoms with E-state index in [0.29, 0.717) is 23.2 Å². The number of sulfone groups is 1. The Morgan fingerprint density at radius 2 is 2.18 bits per heavy atom. The average molecular weight is 276 g/mol. The predicted octanol–water partition coefficient (Wildman–Crippen LogP) is 1.43. The summed E-state index contributed by atoms with van der Waals surface area (Å²) < 4.78 is 22.9. The first-order valence-electron chi connectivity index (χ1n) is 5.28. The molecule has 94 valence electrons. The number of anilines is 1. The van der Waals surface area contributed by atoms with Crippen molar-refractivity contribution in [3.8, 4) is 0 Å². The van der Waals surface area contributed by atoms with Gasteiger partial charge in [-0.05, 0) is 20.3 Å². The highest BCUT2D eigenvalue weighted by Gasteiger charge is 2.38. The molecule has 1 N–H and O–H groups in total. The number of halogens is 1. The Morgan fingerprint density at radius 3 is 2.71 bits per heavy atom. The summed E-state index contributed by atoms with van der Waals surface area (Å²) in [6, 6.07) is 1.60. The third-order valence-corrected chi connectivity index (χ3v) is 4.84. The molecule has 1 aromatic heterocycles. The molecule has 2 rings (SSSR count). The standard InChI is InChI=1S/C10H14ClN3O2S/c1-7-12-8(11)5-9(13-7)14-10(2)3-4-17(15,16)6-10/h5H,3-4,6H2,1-2H3,(H,12,13,14). The van der Waals surface area contributed by atoms with E-state index in [1.807, 2.05) is 6.92 Å². The minimum atomic E-state index is -2.93. The van der Waals surface area contributed by atoms with Crippen LogP contribution in [0.5, 0.6) is 0 Å². The Morgan fingerprint density at radius 1 is 1.47 bits per heavy atom. The number of nitrogens with zero attached hydrogens (tertiary/aromatic N) is 2. The van der Waals surface area contributed by atoms with Gasteiger partial charge < -0.3 is 5.32 Å². The molecular weight excluding hydrogens is 262 g/mol. The van der Waals surface area contributed by atoms with Crippen molar-refractivity contribution in [2.24, 2.45) is 0 Å². The van der Waals surface area contributed by atoms with Gasteiger partial charge >= 0.3 is 0 Å². The van der Waals surface area contributed by atoms with Crippen molar-refractivity contribution in [2.75, 3.05) is 16.8 Å². The maximum atomic E-state index is 11.5. The van der Waals surface area contributed by atoms with Crippen molar-refractivity contribution < 1.29 is 8.42 Å².